The summed E-state index contributed by atoms with van der Waals surface area (Å²) in [5.74, 6) is -1.13. The summed E-state index contributed by atoms with van der Waals surface area (Å²) < 4.78 is 97.5. The SMILES string of the molecule is CC(=O)O[C@H]1CC[C@@]2(C)[C@@H](CCC3=C4C(=O)C[C@H]([C@H](C)CCCC(F)(C(F)(F)F)C(F)(F)F)[C@@]4(C)CC[C@@]32O)C1. The standard InChI is InChI=1S/C29H39F7O4/c1-16(6-5-10-27(30,28(31,32)33)29(34,35)36)21-15-22(38)23-20-8-7-18-14-19(40-17(2)37)9-11-25(18,4)26(20,39)13-12-24(21,23)3/h16,18-19,21,39H,5-15H2,1-4H3/t16-,18+,19+,21-,24-,25+,26-/m1/s1. The Balaban J connectivity index is 1.54. The van der Waals surface area contributed by atoms with E-state index in [1.165, 1.54) is 6.92 Å². The summed E-state index contributed by atoms with van der Waals surface area (Å²) in [6.07, 6.45) is -10.8. The second-order valence-corrected chi connectivity index (χ2v) is 13.2. The van der Waals surface area contributed by atoms with Crippen molar-refractivity contribution in [3.05, 3.63) is 11.1 Å². The smallest absolute Gasteiger partial charge is 0.431 e. The van der Waals surface area contributed by atoms with Crippen molar-refractivity contribution in [2.24, 2.45) is 28.6 Å². The number of hydrogen-bond donors (Lipinski definition) is 1. The average molecular weight is 585 g/mol. The highest BCUT2D eigenvalue weighted by molar-refractivity contribution is 6.01. The molecule has 0 saturated heterocycles. The number of ketones is 1. The lowest BCUT2D eigenvalue weighted by Gasteiger charge is -2.61. The van der Waals surface area contributed by atoms with Crippen LogP contribution in [0.2, 0.25) is 0 Å². The Morgan fingerprint density at radius 3 is 2.25 bits per heavy atom. The molecule has 4 aliphatic carbocycles. The van der Waals surface area contributed by atoms with Gasteiger partial charge in [0.1, 0.15) is 6.10 Å². The summed E-state index contributed by atoms with van der Waals surface area (Å²) >= 11 is 0. The third kappa shape index (κ3) is 4.70. The normalized spacial score (nSPS) is 37.5. The van der Waals surface area contributed by atoms with Gasteiger partial charge in [-0.1, -0.05) is 27.2 Å². The fourth-order valence-electron chi connectivity index (χ4n) is 8.76. The minimum atomic E-state index is -6.07. The van der Waals surface area contributed by atoms with E-state index in [1.807, 2.05) is 13.8 Å². The van der Waals surface area contributed by atoms with Gasteiger partial charge in [-0.05, 0) is 86.5 Å². The van der Waals surface area contributed by atoms with Crippen molar-refractivity contribution in [3.8, 4) is 0 Å². The molecule has 0 heterocycles. The number of allylic oxidation sites excluding steroid dienone is 1. The van der Waals surface area contributed by atoms with Crippen molar-refractivity contribution in [3.63, 3.8) is 0 Å². The van der Waals surface area contributed by atoms with Gasteiger partial charge in [-0.2, -0.15) is 26.3 Å². The molecule has 0 aromatic heterocycles. The second-order valence-electron chi connectivity index (χ2n) is 13.2. The van der Waals surface area contributed by atoms with Crippen molar-refractivity contribution in [1.29, 1.82) is 0 Å². The van der Waals surface area contributed by atoms with Gasteiger partial charge in [0.2, 0.25) is 0 Å². The van der Waals surface area contributed by atoms with Gasteiger partial charge < -0.3 is 9.84 Å². The van der Waals surface area contributed by atoms with Crippen LogP contribution < -0.4 is 0 Å². The fourth-order valence-corrected chi connectivity index (χ4v) is 8.76. The van der Waals surface area contributed by atoms with E-state index in [2.05, 4.69) is 0 Å². The highest BCUT2D eigenvalue weighted by Gasteiger charge is 2.72. The molecule has 4 aliphatic rings. The van der Waals surface area contributed by atoms with E-state index >= 15 is 0 Å². The van der Waals surface area contributed by atoms with Gasteiger partial charge in [0.25, 0.3) is 5.67 Å². The van der Waals surface area contributed by atoms with E-state index in [-0.39, 0.29) is 42.5 Å². The number of halogens is 7. The molecule has 7 atom stereocenters. The van der Waals surface area contributed by atoms with Crippen molar-refractivity contribution in [1.82, 2.24) is 0 Å². The first kappa shape index (κ1) is 31.3. The number of carbonyl (C=O) groups is 2. The van der Waals surface area contributed by atoms with Gasteiger partial charge in [-0.15, -0.1) is 0 Å². The summed E-state index contributed by atoms with van der Waals surface area (Å²) in [5.41, 5.74) is -6.38. The van der Waals surface area contributed by atoms with E-state index in [0.29, 0.717) is 50.5 Å². The van der Waals surface area contributed by atoms with Gasteiger partial charge in [0, 0.05) is 24.3 Å². The molecular formula is C29H39F7O4. The Kier molecular flexibility index (Phi) is 7.80. The van der Waals surface area contributed by atoms with Crippen LogP contribution in [0.5, 0.6) is 0 Å². The number of fused-ring (bicyclic) bond motifs is 4. The molecule has 0 aromatic carbocycles. The summed E-state index contributed by atoms with van der Waals surface area (Å²) in [6.45, 7) is 7.02. The Hall–Kier alpha value is -1.65. The topological polar surface area (TPSA) is 63.6 Å². The summed E-state index contributed by atoms with van der Waals surface area (Å²) in [4.78, 5) is 25.0. The summed E-state index contributed by atoms with van der Waals surface area (Å²) in [7, 11) is 0. The Bertz CT molecular complexity index is 1050. The molecule has 0 amide bonds. The van der Waals surface area contributed by atoms with Gasteiger partial charge in [0.15, 0.2) is 5.78 Å². The van der Waals surface area contributed by atoms with E-state index in [0.717, 1.165) is 5.57 Å². The number of ether oxygens (including phenoxy) is 1. The number of aliphatic hydroxyl groups is 1. The Labute approximate surface area is 230 Å². The van der Waals surface area contributed by atoms with Crippen molar-refractivity contribution < 1.29 is 50.2 Å². The van der Waals surface area contributed by atoms with Crippen LogP contribution in [0.1, 0.15) is 98.3 Å². The summed E-state index contributed by atoms with van der Waals surface area (Å²) in [6, 6.07) is 0. The largest absolute Gasteiger partial charge is 0.463 e. The molecule has 0 unspecified atom stereocenters. The number of carbonyl (C=O) groups excluding carboxylic acids is 2. The van der Waals surface area contributed by atoms with Crippen LogP contribution >= 0.6 is 0 Å². The highest BCUT2D eigenvalue weighted by atomic mass is 19.4. The van der Waals surface area contributed by atoms with Gasteiger partial charge in [-0.3, -0.25) is 9.59 Å². The number of esters is 1. The minimum Gasteiger partial charge on any atom is -0.463 e. The molecular weight excluding hydrogens is 545 g/mol. The molecule has 0 spiro atoms. The molecule has 3 fully saturated rings. The molecule has 11 heteroatoms. The van der Waals surface area contributed by atoms with Crippen LogP contribution in [0.25, 0.3) is 0 Å². The molecule has 0 aliphatic heterocycles. The van der Waals surface area contributed by atoms with Crippen LogP contribution in [-0.4, -0.2) is 46.6 Å². The number of rotatable bonds is 6. The zero-order valence-electron chi connectivity index (χ0n) is 23.4. The predicted molar refractivity (Wildman–Crippen MR) is 132 cm³/mol. The van der Waals surface area contributed by atoms with Crippen LogP contribution in [-0.2, 0) is 14.3 Å². The van der Waals surface area contributed by atoms with Crippen LogP contribution in [0.15, 0.2) is 11.1 Å². The van der Waals surface area contributed by atoms with Crippen LogP contribution in [0.4, 0.5) is 30.7 Å². The van der Waals surface area contributed by atoms with Gasteiger partial charge in [-0.25, -0.2) is 4.39 Å². The molecule has 228 valence electrons. The molecule has 0 bridgehead atoms. The Morgan fingerprint density at radius 1 is 1.05 bits per heavy atom. The maximum Gasteiger partial charge on any atom is 0.431 e. The molecule has 1 N–H and O–H groups in total. The first-order valence-electron chi connectivity index (χ1n) is 14.2. The first-order valence-corrected chi connectivity index (χ1v) is 14.2. The van der Waals surface area contributed by atoms with E-state index < -0.39 is 53.2 Å². The predicted octanol–water partition coefficient (Wildman–Crippen LogP) is 7.57. The number of Topliss-reactive ketones (excluding diaryl/α,β-unsaturated/α-hetero) is 1. The molecule has 0 radical (unpaired) electrons. The maximum atomic E-state index is 14.2. The summed E-state index contributed by atoms with van der Waals surface area (Å²) in [5, 5.41) is 12.2. The van der Waals surface area contributed by atoms with E-state index in [1.54, 1.807) is 6.92 Å². The van der Waals surface area contributed by atoms with Crippen LogP contribution in [0, 0.1) is 28.6 Å². The first-order chi connectivity index (χ1) is 18.2. The monoisotopic (exact) mass is 584 g/mol. The van der Waals surface area contributed by atoms with Crippen molar-refractivity contribution >= 4 is 11.8 Å². The number of alkyl halides is 7. The van der Waals surface area contributed by atoms with Gasteiger partial charge in [0.05, 0.1) is 5.60 Å². The van der Waals surface area contributed by atoms with Crippen molar-refractivity contribution in [2.45, 2.75) is 128 Å². The lowest BCUT2D eigenvalue weighted by atomic mass is 9.46. The second kappa shape index (κ2) is 9.97. The lowest BCUT2D eigenvalue weighted by Crippen LogP contribution is -2.60. The average Bonchev–Trinajstić information content (AvgIpc) is 3.09. The zero-order valence-corrected chi connectivity index (χ0v) is 23.4. The van der Waals surface area contributed by atoms with Crippen LogP contribution in [0.3, 0.4) is 0 Å². The van der Waals surface area contributed by atoms with E-state index in [4.69, 9.17) is 4.74 Å². The van der Waals surface area contributed by atoms with E-state index in [9.17, 15) is 45.4 Å². The molecule has 40 heavy (non-hydrogen) atoms. The molecule has 0 aromatic rings. The number of hydrogen-bond acceptors (Lipinski definition) is 4. The fraction of sp³-hybridized carbons (Fsp3) is 0.862. The third-order valence-corrected chi connectivity index (χ3v) is 11.1. The quantitative estimate of drug-likeness (QED) is 0.258. The lowest BCUT2D eigenvalue weighted by molar-refractivity contribution is -0.343. The minimum absolute atomic E-state index is 0.0877. The third-order valence-electron chi connectivity index (χ3n) is 11.1. The highest BCUT2D eigenvalue weighted by Crippen LogP contribution is 2.67. The molecule has 3 saturated carbocycles. The van der Waals surface area contributed by atoms with Gasteiger partial charge >= 0.3 is 18.3 Å². The zero-order chi connectivity index (χ0) is 30.1. The molecule has 4 nitrogen and oxygen atoms in total. The van der Waals surface area contributed by atoms with Crippen molar-refractivity contribution in [2.75, 3.05) is 0 Å². The molecule has 4 rings (SSSR count). The Morgan fingerprint density at radius 2 is 1.68 bits per heavy atom. The maximum absolute atomic E-state index is 14.2.